The highest BCUT2D eigenvalue weighted by atomic mass is 32.1. The van der Waals surface area contributed by atoms with Gasteiger partial charge >= 0.3 is 0 Å². The van der Waals surface area contributed by atoms with Crippen LogP contribution in [0.4, 0.5) is 0 Å². The fraction of sp³-hybridized carbons (Fsp3) is 0.526. The number of rotatable bonds is 6. The summed E-state index contributed by atoms with van der Waals surface area (Å²) in [5.74, 6) is 0.0673. The van der Waals surface area contributed by atoms with E-state index in [-0.39, 0.29) is 11.9 Å². The van der Waals surface area contributed by atoms with E-state index in [4.69, 9.17) is 0 Å². The number of carbonyl (C=O) groups is 1. The Labute approximate surface area is 153 Å². The molecule has 1 unspecified atom stereocenters. The van der Waals surface area contributed by atoms with Crippen LogP contribution in [-0.4, -0.2) is 40.4 Å². The lowest BCUT2D eigenvalue weighted by Crippen LogP contribution is -2.41. The lowest BCUT2D eigenvalue weighted by Gasteiger charge is -2.34. The van der Waals surface area contributed by atoms with E-state index < -0.39 is 0 Å². The summed E-state index contributed by atoms with van der Waals surface area (Å²) in [5.41, 5.74) is 2.15. The summed E-state index contributed by atoms with van der Waals surface area (Å²) < 4.78 is 0. The first kappa shape index (κ1) is 18.0. The lowest BCUT2D eigenvalue weighted by atomic mass is 10.0. The highest BCUT2D eigenvalue weighted by Crippen LogP contribution is 2.24. The van der Waals surface area contributed by atoms with E-state index in [0.29, 0.717) is 13.0 Å². The quantitative estimate of drug-likeness (QED) is 0.862. The van der Waals surface area contributed by atoms with Gasteiger partial charge in [-0.05, 0) is 51.4 Å². The van der Waals surface area contributed by atoms with Gasteiger partial charge < -0.3 is 5.32 Å². The molecule has 0 aromatic carbocycles. The molecule has 1 N–H and O–H groups in total. The Morgan fingerprint density at radius 1 is 1.32 bits per heavy atom. The minimum atomic E-state index is 0.0673. The Hall–Kier alpha value is -1.79. The second-order valence-electron chi connectivity index (χ2n) is 6.62. The number of hydrogen-bond donors (Lipinski definition) is 1. The van der Waals surface area contributed by atoms with Crippen molar-refractivity contribution in [3.05, 3.63) is 45.7 Å². The molecule has 1 aliphatic heterocycles. The van der Waals surface area contributed by atoms with Crippen molar-refractivity contribution < 1.29 is 4.79 Å². The van der Waals surface area contributed by atoms with Gasteiger partial charge in [0.2, 0.25) is 5.91 Å². The number of amides is 1. The summed E-state index contributed by atoms with van der Waals surface area (Å²) in [4.78, 5) is 24.6. The van der Waals surface area contributed by atoms with Gasteiger partial charge in [-0.15, -0.1) is 11.3 Å². The molecule has 2 aromatic rings. The Kier molecular flexibility index (Phi) is 6.15. The molecule has 0 radical (unpaired) electrons. The second-order valence-corrected chi connectivity index (χ2v) is 7.91. The van der Waals surface area contributed by atoms with Gasteiger partial charge in [0, 0.05) is 23.8 Å². The predicted octanol–water partition coefficient (Wildman–Crippen LogP) is 3.04. The van der Waals surface area contributed by atoms with Crippen LogP contribution in [0.2, 0.25) is 0 Å². The van der Waals surface area contributed by atoms with E-state index in [9.17, 15) is 4.79 Å². The second kappa shape index (κ2) is 8.54. The highest BCUT2D eigenvalue weighted by molar-refractivity contribution is 7.11. The summed E-state index contributed by atoms with van der Waals surface area (Å²) in [6.45, 7) is 6.75. The van der Waals surface area contributed by atoms with Crippen LogP contribution in [-0.2, 0) is 11.2 Å². The number of piperidine rings is 1. The van der Waals surface area contributed by atoms with Gasteiger partial charge in [0.15, 0.2) is 0 Å². The van der Waals surface area contributed by atoms with Gasteiger partial charge in [-0.2, -0.15) is 0 Å². The third-order valence-electron chi connectivity index (χ3n) is 4.71. The van der Waals surface area contributed by atoms with Gasteiger partial charge in [-0.25, -0.2) is 4.98 Å². The van der Waals surface area contributed by atoms with Crippen molar-refractivity contribution in [3.63, 3.8) is 0 Å². The summed E-state index contributed by atoms with van der Waals surface area (Å²) in [6.07, 6.45) is 7.88. The van der Waals surface area contributed by atoms with Gasteiger partial charge in [-0.3, -0.25) is 14.7 Å². The van der Waals surface area contributed by atoms with E-state index in [1.54, 1.807) is 17.5 Å². The van der Waals surface area contributed by atoms with Crippen LogP contribution < -0.4 is 5.32 Å². The molecule has 1 saturated heterocycles. The molecular weight excluding hydrogens is 332 g/mol. The Morgan fingerprint density at radius 2 is 2.12 bits per heavy atom. The monoisotopic (exact) mass is 358 g/mol. The van der Waals surface area contributed by atoms with Gasteiger partial charge in [0.25, 0.3) is 0 Å². The van der Waals surface area contributed by atoms with Gasteiger partial charge in [0.1, 0.15) is 0 Å². The average Bonchev–Trinajstić information content (AvgIpc) is 2.94. The zero-order valence-electron chi connectivity index (χ0n) is 15.0. The molecule has 3 heterocycles. The number of likely N-dealkylation sites (tertiary alicyclic amines) is 1. The maximum atomic E-state index is 12.4. The van der Waals surface area contributed by atoms with Crippen molar-refractivity contribution in [2.45, 2.75) is 45.6 Å². The van der Waals surface area contributed by atoms with Crippen LogP contribution in [0.1, 0.15) is 46.4 Å². The molecule has 1 aliphatic rings. The molecule has 134 valence electrons. The largest absolute Gasteiger partial charge is 0.354 e. The highest BCUT2D eigenvalue weighted by Gasteiger charge is 2.23. The number of aromatic nitrogens is 2. The van der Waals surface area contributed by atoms with E-state index >= 15 is 0 Å². The predicted molar refractivity (Wildman–Crippen MR) is 101 cm³/mol. The minimum absolute atomic E-state index is 0.0673. The fourth-order valence-corrected chi connectivity index (χ4v) is 4.35. The first-order chi connectivity index (χ1) is 12.1. The van der Waals surface area contributed by atoms with Gasteiger partial charge in [0.05, 0.1) is 23.2 Å². The first-order valence-electron chi connectivity index (χ1n) is 8.97. The van der Waals surface area contributed by atoms with Crippen LogP contribution in [0.3, 0.4) is 0 Å². The van der Waals surface area contributed by atoms with E-state index in [1.807, 2.05) is 26.1 Å². The molecule has 1 amide bonds. The standard InChI is InChI=1S/C19H26N4OS/c1-14-18(25-15(2)22-14)11-19(24)21-13-17(16-7-6-8-20-12-16)23-9-4-3-5-10-23/h6-8,12,17H,3-5,9-11,13H2,1-2H3,(H,21,24). The van der Waals surface area contributed by atoms with Crippen LogP contribution >= 0.6 is 11.3 Å². The Balaban J connectivity index is 1.63. The molecule has 25 heavy (non-hydrogen) atoms. The van der Waals surface area contributed by atoms with Crippen molar-refractivity contribution >= 4 is 17.2 Å². The lowest BCUT2D eigenvalue weighted by molar-refractivity contribution is -0.120. The Bertz CT molecular complexity index is 695. The maximum absolute atomic E-state index is 12.4. The number of thiazole rings is 1. The molecule has 2 aromatic heterocycles. The van der Waals surface area contributed by atoms with E-state index in [0.717, 1.165) is 28.7 Å². The van der Waals surface area contributed by atoms with E-state index in [2.05, 4.69) is 26.3 Å². The molecule has 3 rings (SSSR count). The number of carbonyl (C=O) groups excluding carboxylic acids is 1. The van der Waals surface area contributed by atoms with Crippen molar-refractivity contribution in [2.24, 2.45) is 0 Å². The summed E-state index contributed by atoms with van der Waals surface area (Å²) in [5, 5.41) is 4.15. The topological polar surface area (TPSA) is 58.1 Å². The van der Waals surface area contributed by atoms with Crippen LogP contribution in [0, 0.1) is 13.8 Å². The molecule has 5 nitrogen and oxygen atoms in total. The van der Waals surface area contributed by atoms with Crippen molar-refractivity contribution in [2.75, 3.05) is 19.6 Å². The number of hydrogen-bond acceptors (Lipinski definition) is 5. The van der Waals surface area contributed by atoms with Crippen molar-refractivity contribution in [3.8, 4) is 0 Å². The fourth-order valence-electron chi connectivity index (χ4n) is 3.42. The molecule has 1 atom stereocenters. The normalized spacial score (nSPS) is 16.6. The van der Waals surface area contributed by atoms with Crippen molar-refractivity contribution in [1.29, 1.82) is 0 Å². The smallest absolute Gasteiger partial charge is 0.225 e. The third-order valence-corrected chi connectivity index (χ3v) is 5.79. The number of aryl methyl sites for hydroxylation is 2. The molecule has 0 spiro atoms. The summed E-state index contributed by atoms with van der Waals surface area (Å²) >= 11 is 1.61. The SMILES string of the molecule is Cc1nc(C)c(CC(=O)NCC(c2cccnc2)N2CCCCC2)s1. The molecule has 1 fully saturated rings. The number of nitrogens with one attached hydrogen (secondary N) is 1. The van der Waals surface area contributed by atoms with Gasteiger partial charge in [-0.1, -0.05) is 12.5 Å². The zero-order chi connectivity index (χ0) is 17.6. The van der Waals surface area contributed by atoms with E-state index in [1.165, 1.54) is 24.8 Å². The molecular formula is C19H26N4OS. The molecule has 0 bridgehead atoms. The van der Waals surface area contributed by atoms with Crippen LogP contribution in [0.5, 0.6) is 0 Å². The summed E-state index contributed by atoms with van der Waals surface area (Å²) in [6, 6.07) is 4.27. The average molecular weight is 359 g/mol. The molecule has 0 aliphatic carbocycles. The van der Waals surface area contributed by atoms with Crippen LogP contribution in [0.15, 0.2) is 24.5 Å². The Morgan fingerprint density at radius 3 is 2.76 bits per heavy atom. The number of pyridine rings is 1. The molecule has 0 saturated carbocycles. The zero-order valence-corrected chi connectivity index (χ0v) is 15.8. The maximum Gasteiger partial charge on any atom is 0.225 e. The van der Waals surface area contributed by atoms with Crippen LogP contribution in [0.25, 0.3) is 0 Å². The third kappa shape index (κ3) is 4.86. The van der Waals surface area contributed by atoms with Crippen molar-refractivity contribution in [1.82, 2.24) is 20.2 Å². The summed E-state index contributed by atoms with van der Waals surface area (Å²) in [7, 11) is 0. The first-order valence-corrected chi connectivity index (χ1v) is 9.78. The molecule has 6 heteroatoms. The number of nitrogens with zero attached hydrogens (tertiary/aromatic N) is 3. The minimum Gasteiger partial charge on any atom is -0.354 e.